The molecule has 2 aromatic rings. The first-order valence-electron chi connectivity index (χ1n) is 6.44. The average Bonchev–Trinajstić information content (AvgIpc) is 2.38. The lowest BCUT2D eigenvalue weighted by Crippen LogP contribution is -2.13. The van der Waals surface area contributed by atoms with Crippen molar-refractivity contribution in [2.45, 2.75) is 26.2 Å². The molecule has 1 aromatic carbocycles. The number of pyridine rings is 1. The minimum Gasteiger partial charge on any atom is -0.478 e. The summed E-state index contributed by atoms with van der Waals surface area (Å²) >= 11 is 0. The van der Waals surface area contributed by atoms with Gasteiger partial charge in [-0.25, -0.2) is 9.78 Å². The van der Waals surface area contributed by atoms with Crippen LogP contribution in [-0.2, 0) is 5.41 Å². The Kier molecular flexibility index (Phi) is 3.74. The molecule has 0 radical (unpaired) electrons. The van der Waals surface area contributed by atoms with Crippen LogP contribution in [0.5, 0.6) is 0 Å². The molecule has 4 heteroatoms. The fourth-order valence-electron chi connectivity index (χ4n) is 1.98. The van der Waals surface area contributed by atoms with Gasteiger partial charge >= 0.3 is 5.97 Å². The summed E-state index contributed by atoms with van der Waals surface area (Å²) in [5, 5.41) is 12.1. The van der Waals surface area contributed by atoms with E-state index in [1.807, 2.05) is 18.2 Å². The van der Waals surface area contributed by atoms with Crippen LogP contribution in [0.25, 0.3) is 0 Å². The minimum absolute atomic E-state index is 0.0185. The van der Waals surface area contributed by atoms with Crippen LogP contribution in [0.4, 0.5) is 11.5 Å². The Morgan fingerprint density at radius 3 is 2.40 bits per heavy atom. The largest absolute Gasteiger partial charge is 0.478 e. The zero-order chi connectivity index (χ0) is 14.8. The Bertz CT molecular complexity index is 613. The van der Waals surface area contributed by atoms with Crippen LogP contribution in [0, 0.1) is 0 Å². The SMILES string of the molecule is CC(C)(C)c1ccccc1Nc1ccc(C(=O)O)cn1. The molecule has 0 fully saturated rings. The summed E-state index contributed by atoms with van der Waals surface area (Å²) in [6.45, 7) is 6.44. The molecule has 0 saturated carbocycles. The number of aromatic nitrogens is 1. The van der Waals surface area contributed by atoms with Crippen molar-refractivity contribution in [2.24, 2.45) is 0 Å². The number of aromatic carboxylic acids is 1. The predicted molar refractivity (Wildman–Crippen MR) is 79.6 cm³/mol. The van der Waals surface area contributed by atoms with E-state index in [0.717, 1.165) is 5.69 Å². The number of nitrogens with one attached hydrogen (secondary N) is 1. The van der Waals surface area contributed by atoms with Crippen molar-refractivity contribution in [2.75, 3.05) is 5.32 Å². The number of benzene rings is 1. The number of anilines is 2. The molecule has 0 unspecified atom stereocenters. The van der Waals surface area contributed by atoms with E-state index in [0.29, 0.717) is 5.82 Å². The van der Waals surface area contributed by atoms with Crippen LogP contribution in [0.2, 0.25) is 0 Å². The first-order chi connectivity index (χ1) is 9.38. The molecule has 0 amide bonds. The molecule has 0 bridgehead atoms. The van der Waals surface area contributed by atoms with Crippen molar-refractivity contribution in [1.82, 2.24) is 4.98 Å². The van der Waals surface area contributed by atoms with Crippen molar-refractivity contribution in [1.29, 1.82) is 0 Å². The van der Waals surface area contributed by atoms with Gasteiger partial charge < -0.3 is 10.4 Å². The Morgan fingerprint density at radius 1 is 1.15 bits per heavy atom. The van der Waals surface area contributed by atoms with Gasteiger partial charge in [-0.1, -0.05) is 39.0 Å². The van der Waals surface area contributed by atoms with Crippen LogP contribution in [0.1, 0.15) is 36.7 Å². The van der Waals surface area contributed by atoms with Crippen molar-refractivity contribution in [3.8, 4) is 0 Å². The highest BCUT2D eigenvalue weighted by Gasteiger charge is 2.17. The number of para-hydroxylation sites is 1. The first-order valence-corrected chi connectivity index (χ1v) is 6.44. The molecule has 0 atom stereocenters. The number of carbonyl (C=O) groups is 1. The van der Waals surface area contributed by atoms with Gasteiger partial charge in [0, 0.05) is 11.9 Å². The Labute approximate surface area is 118 Å². The van der Waals surface area contributed by atoms with Gasteiger partial charge in [0.1, 0.15) is 5.82 Å². The highest BCUT2D eigenvalue weighted by Crippen LogP contribution is 2.30. The summed E-state index contributed by atoms with van der Waals surface area (Å²) in [5.41, 5.74) is 2.37. The third-order valence-corrected chi connectivity index (χ3v) is 3.01. The maximum absolute atomic E-state index is 10.8. The van der Waals surface area contributed by atoms with E-state index >= 15 is 0 Å². The summed E-state index contributed by atoms with van der Waals surface area (Å²) in [4.78, 5) is 14.9. The van der Waals surface area contributed by atoms with Crippen molar-refractivity contribution >= 4 is 17.5 Å². The van der Waals surface area contributed by atoms with E-state index in [1.165, 1.54) is 17.8 Å². The number of carboxylic acid groups (broad SMARTS) is 1. The summed E-state index contributed by atoms with van der Waals surface area (Å²) < 4.78 is 0. The Balaban J connectivity index is 2.28. The van der Waals surface area contributed by atoms with Gasteiger partial charge in [0.2, 0.25) is 0 Å². The molecule has 1 aromatic heterocycles. The lowest BCUT2D eigenvalue weighted by atomic mass is 9.86. The molecule has 4 nitrogen and oxygen atoms in total. The van der Waals surface area contributed by atoms with Crippen molar-refractivity contribution in [3.63, 3.8) is 0 Å². The third-order valence-electron chi connectivity index (χ3n) is 3.01. The lowest BCUT2D eigenvalue weighted by Gasteiger charge is -2.23. The van der Waals surface area contributed by atoms with Crippen LogP contribution < -0.4 is 5.32 Å². The van der Waals surface area contributed by atoms with Crippen LogP contribution in [0.15, 0.2) is 42.6 Å². The van der Waals surface area contributed by atoms with Crippen molar-refractivity contribution in [3.05, 3.63) is 53.7 Å². The van der Waals surface area contributed by atoms with Gasteiger partial charge in [-0.2, -0.15) is 0 Å². The topological polar surface area (TPSA) is 62.2 Å². The third kappa shape index (κ3) is 3.15. The predicted octanol–water partition coefficient (Wildman–Crippen LogP) is 3.82. The maximum atomic E-state index is 10.8. The van der Waals surface area contributed by atoms with E-state index in [1.54, 1.807) is 6.07 Å². The second kappa shape index (κ2) is 5.33. The highest BCUT2D eigenvalue weighted by molar-refractivity contribution is 5.87. The van der Waals surface area contributed by atoms with Crippen LogP contribution >= 0.6 is 0 Å². The number of nitrogens with zero attached hydrogens (tertiary/aromatic N) is 1. The average molecular weight is 270 g/mol. The molecule has 2 rings (SSSR count). The molecule has 20 heavy (non-hydrogen) atoms. The zero-order valence-corrected chi connectivity index (χ0v) is 11.8. The summed E-state index contributed by atoms with van der Waals surface area (Å²) in [7, 11) is 0. The second-order valence-electron chi connectivity index (χ2n) is 5.66. The van der Waals surface area contributed by atoms with Gasteiger partial charge in [0.15, 0.2) is 0 Å². The molecule has 0 aliphatic rings. The lowest BCUT2D eigenvalue weighted by molar-refractivity contribution is 0.0696. The van der Waals surface area contributed by atoms with Gasteiger partial charge in [0.25, 0.3) is 0 Å². The van der Waals surface area contributed by atoms with Gasteiger partial charge in [-0.05, 0) is 29.2 Å². The maximum Gasteiger partial charge on any atom is 0.337 e. The van der Waals surface area contributed by atoms with Gasteiger partial charge in [-0.3, -0.25) is 0 Å². The van der Waals surface area contributed by atoms with Gasteiger partial charge in [-0.15, -0.1) is 0 Å². The highest BCUT2D eigenvalue weighted by atomic mass is 16.4. The molecule has 0 aliphatic heterocycles. The normalized spacial score (nSPS) is 11.2. The summed E-state index contributed by atoms with van der Waals surface area (Å²) in [6, 6.07) is 11.2. The van der Waals surface area contributed by atoms with Crippen LogP contribution in [0.3, 0.4) is 0 Å². The minimum atomic E-state index is -0.973. The molecule has 0 spiro atoms. The molecular formula is C16H18N2O2. The van der Waals surface area contributed by atoms with E-state index in [-0.39, 0.29) is 11.0 Å². The fourth-order valence-corrected chi connectivity index (χ4v) is 1.98. The Hall–Kier alpha value is -2.36. The number of rotatable bonds is 3. The molecule has 2 N–H and O–H groups in total. The monoisotopic (exact) mass is 270 g/mol. The number of carboxylic acids is 1. The van der Waals surface area contributed by atoms with Gasteiger partial charge in [0.05, 0.1) is 5.56 Å². The van der Waals surface area contributed by atoms with E-state index in [4.69, 9.17) is 5.11 Å². The van der Waals surface area contributed by atoms with E-state index in [2.05, 4.69) is 37.1 Å². The molecule has 104 valence electrons. The summed E-state index contributed by atoms with van der Waals surface area (Å²) in [5.74, 6) is -0.342. The molecular weight excluding hydrogens is 252 g/mol. The molecule has 1 heterocycles. The first kappa shape index (κ1) is 14.1. The number of hydrogen-bond donors (Lipinski definition) is 2. The van der Waals surface area contributed by atoms with E-state index < -0.39 is 5.97 Å². The second-order valence-corrected chi connectivity index (χ2v) is 5.66. The fraction of sp³-hybridized carbons (Fsp3) is 0.250. The number of hydrogen-bond acceptors (Lipinski definition) is 3. The molecule has 0 saturated heterocycles. The van der Waals surface area contributed by atoms with E-state index in [9.17, 15) is 4.79 Å². The van der Waals surface area contributed by atoms with Crippen LogP contribution in [-0.4, -0.2) is 16.1 Å². The zero-order valence-electron chi connectivity index (χ0n) is 11.8. The van der Waals surface area contributed by atoms with Crippen molar-refractivity contribution < 1.29 is 9.90 Å². The Morgan fingerprint density at radius 2 is 1.85 bits per heavy atom. The summed E-state index contributed by atoms with van der Waals surface area (Å²) in [6.07, 6.45) is 1.35. The standard InChI is InChI=1S/C16H18N2O2/c1-16(2,3)12-6-4-5-7-13(12)18-14-9-8-11(10-17-14)15(19)20/h4-10H,1-3H3,(H,17,18)(H,19,20). The smallest absolute Gasteiger partial charge is 0.337 e. The molecule has 0 aliphatic carbocycles. The quantitative estimate of drug-likeness (QED) is 0.890.